The lowest BCUT2D eigenvalue weighted by atomic mass is 9.97. The molecule has 0 aliphatic carbocycles. The number of aliphatic imine (C=N–C) groups is 1. The monoisotopic (exact) mass is 544 g/mol. The Balaban J connectivity index is 0.00000341. The first-order chi connectivity index (χ1) is 14.5. The molecule has 0 radical (unpaired) electrons. The fourth-order valence-corrected chi connectivity index (χ4v) is 4.27. The van der Waals surface area contributed by atoms with Gasteiger partial charge < -0.3 is 25.0 Å². The summed E-state index contributed by atoms with van der Waals surface area (Å²) in [4.78, 5) is 7.00. The average Bonchev–Trinajstić information content (AvgIpc) is 3.27. The summed E-state index contributed by atoms with van der Waals surface area (Å²) in [5.41, 5.74) is 2.35. The molecule has 0 bridgehead atoms. The summed E-state index contributed by atoms with van der Waals surface area (Å²) in [6, 6.07) is 7.02. The summed E-state index contributed by atoms with van der Waals surface area (Å²) in [5, 5.41) is 6.99. The standard InChI is InChI=1S/C24H40N4O2.HI/c1-18(2)28-11-5-7-20(16-28)14-26-24(25-4)27-15-21-10-9-19(3)13-23(21)30-17-22-8-6-12-29-22;/h9-10,13,18,20,22H,5-8,11-12,14-17H2,1-4H3,(H2,25,26,27);1H. The molecule has 2 heterocycles. The molecule has 2 aliphatic rings. The molecule has 0 amide bonds. The van der Waals surface area contributed by atoms with Gasteiger partial charge >= 0.3 is 0 Å². The third-order valence-corrected chi connectivity index (χ3v) is 6.18. The Bertz CT molecular complexity index is 692. The summed E-state index contributed by atoms with van der Waals surface area (Å²) < 4.78 is 11.8. The smallest absolute Gasteiger partial charge is 0.191 e. The number of nitrogens with one attached hydrogen (secondary N) is 2. The molecule has 1 aromatic carbocycles. The number of ether oxygens (including phenoxy) is 2. The highest BCUT2D eigenvalue weighted by Crippen LogP contribution is 2.22. The van der Waals surface area contributed by atoms with Gasteiger partial charge in [-0.3, -0.25) is 4.99 Å². The molecule has 2 fully saturated rings. The van der Waals surface area contributed by atoms with Gasteiger partial charge in [0, 0.05) is 44.9 Å². The van der Waals surface area contributed by atoms with Crippen LogP contribution in [0.3, 0.4) is 0 Å². The van der Waals surface area contributed by atoms with Crippen molar-refractivity contribution in [2.45, 2.75) is 65.1 Å². The molecule has 7 heteroatoms. The van der Waals surface area contributed by atoms with E-state index in [1.165, 1.54) is 31.5 Å². The highest BCUT2D eigenvalue weighted by atomic mass is 127. The van der Waals surface area contributed by atoms with Gasteiger partial charge in [0.2, 0.25) is 0 Å². The Hall–Kier alpha value is -1.06. The van der Waals surface area contributed by atoms with Gasteiger partial charge in [-0.2, -0.15) is 0 Å². The van der Waals surface area contributed by atoms with Gasteiger partial charge in [-0.15, -0.1) is 24.0 Å². The van der Waals surface area contributed by atoms with E-state index < -0.39 is 0 Å². The molecule has 2 unspecified atom stereocenters. The molecule has 0 spiro atoms. The summed E-state index contributed by atoms with van der Waals surface area (Å²) in [6.45, 7) is 12.2. The van der Waals surface area contributed by atoms with Gasteiger partial charge in [0.25, 0.3) is 0 Å². The van der Waals surface area contributed by atoms with Crippen molar-refractivity contribution in [3.8, 4) is 5.75 Å². The van der Waals surface area contributed by atoms with Crippen LogP contribution in [0.25, 0.3) is 0 Å². The molecule has 0 saturated carbocycles. The minimum atomic E-state index is 0. The topological polar surface area (TPSA) is 58.1 Å². The molecule has 176 valence electrons. The molecule has 2 aliphatic heterocycles. The maximum absolute atomic E-state index is 6.13. The van der Waals surface area contributed by atoms with E-state index >= 15 is 0 Å². The maximum atomic E-state index is 6.13. The number of piperidine rings is 1. The van der Waals surface area contributed by atoms with E-state index in [-0.39, 0.29) is 30.1 Å². The molecule has 1 aromatic rings. The second-order valence-electron chi connectivity index (χ2n) is 8.96. The van der Waals surface area contributed by atoms with Gasteiger partial charge in [-0.05, 0) is 70.5 Å². The Kier molecular flexibility index (Phi) is 11.4. The number of hydrogen-bond donors (Lipinski definition) is 2. The molecule has 6 nitrogen and oxygen atoms in total. The quantitative estimate of drug-likeness (QED) is 0.295. The number of hydrogen-bond acceptors (Lipinski definition) is 4. The minimum Gasteiger partial charge on any atom is -0.491 e. The van der Waals surface area contributed by atoms with Gasteiger partial charge in [0.05, 0.1) is 6.10 Å². The second kappa shape index (κ2) is 13.5. The zero-order chi connectivity index (χ0) is 21.3. The van der Waals surface area contributed by atoms with Crippen LogP contribution in [-0.4, -0.2) is 62.9 Å². The first-order valence-electron chi connectivity index (χ1n) is 11.6. The first-order valence-corrected chi connectivity index (χ1v) is 11.6. The Morgan fingerprint density at radius 1 is 1.26 bits per heavy atom. The van der Waals surface area contributed by atoms with Crippen LogP contribution >= 0.6 is 24.0 Å². The normalized spacial score (nSPS) is 22.3. The first kappa shape index (κ1) is 26.2. The van der Waals surface area contributed by atoms with Crippen LogP contribution in [0.2, 0.25) is 0 Å². The highest BCUT2D eigenvalue weighted by Gasteiger charge is 2.22. The van der Waals surface area contributed by atoms with Crippen LogP contribution in [0.4, 0.5) is 0 Å². The summed E-state index contributed by atoms with van der Waals surface area (Å²) in [6.07, 6.45) is 5.01. The Labute approximate surface area is 205 Å². The maximum Gasteiger partial charge on any atom is 0.191 e. The molecular weight excluding hydrogens is 503 g/mol. The number of halogens is 1. The summed E-state index contributed by atoms with van der Waals surface area (Å²) in [5.74, 6) is 2.46. The largest absolute Gasteiger partial charge is 0.491 e. The lowest BCUT2D eigenvalue weighted by Crippen LogP contribution is -2.46. The number of likely N-dealkylation sites (tertiary alicyclic amines) is 1. The fourth-order valence-electron chi connectivity index (χ4n) is 4.27. The van der Waals surface area contributed by atoms with E-state index in [4.69, 9.17) is 9.47 Å². The van der Waals surface area contributed by atoms with E-state index in [0.717, 1.165) is 43.3 Å². The van der Waals surface area contributed by atoms with Gasteiger partial charge in [0.15, 0.2) is 5.96 Å². The molecule has 0 aromatic heterocycles. The number of guanidine groups is 1. The third-order valence-electron chi connectivity index (χ3n) is 6.18. The van der Waals surface area contributed by atoms with Crippen molar-refractivity contribution >= 4 is 29.9 Å². The highest BCUT2D eigenvalue weighted by molar-refractivity contribution is 14.0. The zero-order valence-electron chi connectivity index (χ0n) is 19.7. The fraction of sp³-hybridized carbons (Fsp3) is 0.708. The van der Waals surface area contributed by atoms with E-state index in [1.807, 2.05) is 7.05 Å². The lowest BCUT2D eigenvalue weighted by Gasteiger charge is -2.35. The third kappa shape index (κ3) is 8.42. The van der Waals surface area contributed by atoms with Crippen molar-refractivity contribution in [2.75, 3.05) is 39.9 Å². The number of rotatable bonds is 8. The van der Waals surface area contributed by atoms with Crippen LogP contribution in [-0.2, 0) is 11.3 Å². The average molecular weight is 545 g/mol. The molecule has 2 saturated heterocycles. The number of aryl methyl sites for hydroxylation is 1. The lowest BCUT2D eigenvalue weighted by molar-refractivity contribution is 0.0676. The molecule has 2 atom stereocenters. The van der Waals surface area contributed by atoms with Gasteiger partial charge in [-0.1, -0.05) is 12.1 Å². The van der Waals surface area contributed by atoms with Crippen molar-refractivity contribution < 1.29 is 9.47 Å². The van der Waals surface area contributed by atoms with E-state index in [1.54, 1.807) is 0 Å². The van der Waals surface area contributed by atoms with Crippen molar-refractivity contribution in [2.24, 2.45) is 10.9 Å². The second-order valence-corrected chi connectivity index (χ2v) is 8.96. The predicted octanol–water partition coefficient (Wildman–Crippen LogP) is 3.96. The van der Waals surface area contributed by atoms with E-state index in [2.05, 4.69) is 59.5 Å². The predicted molar refractivity (Wildman–Crippen MR) is 139 cm³/mol. The molecular formula is C24H41IN4O2. The Morgan fingerprint density at radius 2 is 2.10 bits per heavy atom. The number of benzene rings is 1. The van der Waals surface area contributed by atoms with Gasteiger partial charge in [-0.25, -0.2) is 0 Å². The van der Waals surface area contributed by atoms with Crippen LogP contribution < -0.4 is 15.4 Å². The van der Waals surface area contributed by atoms with Gasteiger partial charge in [0.1, 0.15) is 12.4 Å². The van der Waals surface area contributed by atoms with Crippen molar-refractivity contribution in [1.29, 1.82) is 0 Å². The van der Waals surface area contributed by atoms with Crippen molar-refractivity contribution in [1.82, 2.24) is 15.5 Å². The van der Waals surface area contributed by atoms with Crippen molar-refractivity contribution in [3.63, 3.8) is 0 Å². The summed E-state index contributed by atoms with van der Waals surface area (Å²) >= 11 is 0. The van der Waals surface area contributed by atoms with Crippen LogP contribution in [0.15, 0.2) is 23.2 Å². The number of nitrogens with zero attached hydrogens (tertiary/aromatic N) is 2. The van der Waals surface area contributed by atoms with E-state index in [9.17, 15) is 0 Å². The van der Waals surface area contributed by atoms with Crippen LogP contribution in [0.1, 0.15) is 50.7 Å². The SMILES string of the molecule is CN=C(NCc1ccc(C)cc1OCC1CCCO1)NCC1CCCN(C(C)C)C1.I. The van der Waals surface area contributed by atoms with E-state index in [0.29, 0.717) is 25.1 Å². The van der Waals surface area contributed by atoms with Crippen LogP contribution in [0.5, 0.6) is 5.75 Å². The Morgan fingerprint density at radius 3 is 2.81 bits per heavy atom. The van der Waals surface area contributed by atoms with Crippen LogP contribution in [0, 0.1) is 12.8 Å². The molecule has 2 N–H and O–H groups in total. The molecule has 31 heavy (non-hydrogen) atoms. The minimum absolute atomic E-state index is 0. The zero-order valence-corrected chi connectivity index (χ0v) is 22.0. The van der Waals surface area contributed by atoms with Crippen molar-refractivity contribution in [3.05, 3.63) is 29.3 Å². The molecule has 3 rings (SSSR count). The summed E-state index contributed by atoms with van der Waals surface area (Å²) in [7, 11) is 1.83.